The Labute approximate surface area is 198 Å². The SMILES string of the molecule is C=CCOc1ccc(C=Nn2c(-c3cc4ccccc4o3)nc3ccccc3c2=O)cc1[N+](=O)[O-]. The quantitative estimate of drug-likeness (QED) is 0.142. The van der Waals surface area contributed by atoms with Crippen molar-refractivity contribution in [1.82, 2.24) is 9.66 Å². The zero-order valence-electron chi connectivity index (χ0n) is 18.3. The third-order valence-electron chi connectivity index (χ3n) is 5.26. The van der Waals surface area contributed by atoms with Gasteiger partial charge in [-0.3, -0.25) is 14.9 Å². The summed E-state index contributed by atoms with van der Waals surface area (Å²) in [6.45, 7) is 3.68. The van der Waals surface area contributed by atoms with E-state index < -0.39 is 10.5 Å². The number of para-hydroxylation sites is 2. The van der Waals surface area contributed by atoms with Crippen LogP contribution in [0, 0.1) is 10.1 Å². The molecule has 0 aliphatic heterocycles. The van der Waals surface area contributed by atoms with Crippen LogP contribution < -0.4 is 10.3 Å². The van der Waals surface area contributed by atoms with Gasteiger partial charge in [-0.05, 0) is 36.4 Å². The fourth-order valence-electron chi connectivity index (χ4n) is 3.63. The molecule has 0 radical (unpaired) electrons. The maximum absolute atomic E-state index is 13.3. The lowest BCUT2D eigenvalue weighted by atomic mass is 10.2. The van der Waals surface area contributed by atoms with E-state index in [0.29, 0.717) is 27.8 Å². The van der Waals surface area contributed by atoms with E-state index in [1.54, 1.807) is 36.4 Å². The van der Waals surface area contributed by atoms with Crippen LogP contribution in [0.1, 0.15) is 5.56 Å². The van der Waals surface area contributed by atoms with Gasteiger partial charge >= 0.3 is 5.69 Å². The van der Waals surface area contributed by atoms with Crippen molar-refractivity contribution in [2.45, 2.75) is 0 Å². The molecule has 172 valence electrons. The zero-order valence-corrected chi connectivity index (χ0v) is 18.3. The first kappa shape index (κ1) is 21.8. The fourth-order valence-corrected chi connectivity index (χ4v) is 3.63. The molecule has 0 aliphatic rings. The van der Waals surface area contributed by atoms with Crippen LogP contribution in [0.5, 0.6) is 5.75 Å². The van der Waals surface area contributed by atoms with Gasteiger partial charge in [0.2, 0.25) is 5.82 Å². The number of aromatic nitrogens is 2. The smallest absolute Gasteiger partial charge is 0.311 e. The molecular weight excluding hydrogens is 448 g/mol. The molecule has 0 N–H and O–H groups in total. The largest absolute Gasteiger partial charge is 0.483 e. The number of hydrogen-bond acceptors (Lipinski definition) is 7. The monoisotopic (exact) mass is 466 g/mol. The van der Waals surface area contributed by atoms with Crippen LogP contribution in [-0.2, 0) is 0 Å². The molecule has 0 amide bonds. The average molecular weight is 466 g/mol. The lowest BCUT2D eigenvalue weighted by Crippen LogP contribution is -2.20. The fraction of sp³-hybridized carbons (Fsp3) is 0.0385. The summed E-state index contributed by atoms with van der Waals surface area (Å²) in [5, 5.41) is 17.1. The van der Waals surface area contributed by atoms with Crippen LogP contribution in [0.3, 0.4) is 0 Å². The van der Waals surface area contributed by atoms with Gasteiger partial charge in [0.05, 0.1) is 22.0 Å². The van der Waals surface area contributed by atoms with Gasteiger partial charge in [-0.25, -0.2) is 4.98 Å². The highest BCUT2D eigenvalue weighted by atomic mass is 16.6. The number of hydrogen-bond donors (Lipinski definition) is 0. The van der Waals surface area contributed by atoms with Gasteiger partial charge in [-0.15, -0.1) is 0 Å². The number of nitro groups is 1. The normalized spacial score (nSPS) is 11.3. The molecule has 2 aromatic heterocycles. The molecule has 0 unspecified atom stereocenters. The molecule has 5 rings (SSSR count). The summed E-state index contributed by atoms with van der Waals surface area (Å²) in [6, 6.07) is 20.6. The number of fused-ring (bicyclic) bond motifs is 2. The Balaban J connectivity index is 1.64. The van der Waals surface area contributed by atoms with E-state index in [2.05, 4.69) is 16.7 Å². The van der Waals surface area contributed by atoms with Gasteiger partial charge in [0.15, 0.2) is 11.5 Å². The summed E-state index contributed by atoms with van der Waals surface area (Å²) in [5.41, 5.74) is 0.920. The molecular formula is C26H18N4O5. The molecule has 9 nitrogen and oxygen atoms in total. The van der Waals surface area contributed by atoms with Crippen molar-refractivity contribution in [2.75, 3.05) is 6.61 Å². The second-order valence-electron chi connectivity index (χ2n) is 7.55. The van der Waals surface area contributed by atoms with Crippen LogP contribution in [0.4, 0.5) is 5.69 Å². The van der Waals surface area contributed by atoms with Crippen LogP contribution in [0.25, 0.3) is 33.5 Å². The third-order valence-corrected chi connectivity index (χ3v) is 5.26. The molecule has 0 bridgehead atoms. The number of furan rings is 1. The topological polar surface area (TPSA) is 113 Å². The van der Waals surface area contributed by atoms with Gasteiger partial charge in [0.1, 0.15) is 12.2 Å². The minimum absolute atomic E-state index is 0.111. The van der Waals surface area contributed by atoms with Crippen LogP contribution in [0.15, 0.2) is 99.8 Å². The second-order valence-corrected chi connectivity index (χ2v) is 7.55. The molecule has 0 atom stereocenters. The van der Waals surface area contributed by atoms with E-state index >= 15 is 0 Å². The molecule has 0 aliphatic carbocycles. The van der Waals surface area contributed by atoms with E-state index in [1.165, 1.54) is 24.4 Å². The van der Waals surface area contributed by atoms with Gasteiger partial charge in [0, 0.05) is 17.0 Å². The summed E-state index contributed by atoms with van der Waals surface area (Å²) in [5.74, 6) is 0.687. The summed E-state index contributed by atoms with van der Waals surface area (Å²) in [7, 11) is 0. The molecule has 0 spiro atoms. The number of rotatable bonds is 7. The predicted molar refractivity (Wildman–Crippen MR) is 133 cm³/mol. The maximum atomic E-state index is 13.3. The van der Waals surface area contributed by atoms with Crippen molar-refractivity contribution in [3.8, 4) is 17.3 Å². The summed E-state index contributed by atoms with van der Waals surface area (Å²) in [6.07, 6.45) is 2.85. The maximum Gasteiger partial charge on any atom is 0.311 e. The first-order valence-corrected chi connectivity index (χ1v) is 10.6. The van der Waals surface area contributed by atoms with Crippen molar-refractivity contribution in [3.63, 3.8) is 0 Å². The second kappa shape index (κ2) is 9.06. The first-order chi connectivity index (χ1) is 17.0. The number of benzene rings is 3. The van der Waals surface area contributed by atoms with Gasteiger partial charge in [-0.2, -0.15) is 9.78 Å². The number of ether oxygens (including phenoxy) is 1. The molecule has 0 saturated heterocycles. The standard InChI is InChI=1S/C26H18N4O5/c1-2-13-34-23-12-11-17(14-21(23)30(32)33)16-27-29-25(24-15-18-7-3-6-10-22(18)35-24)28-20-9-5-4-8-19(20)26(29)31/h2-12,14-16H,1,13H2. The highest BCUT2D eigenvalue weighted by Crippen LogP contribution is 2.29. The highest BCUT2D eigenvalue weighted by Gasteiger charge is 2.18. The molecule has 2 heterocycles. The number of nitrogens with zero attached hydrogens (tertiary/aromatic N) is 4. The molecule has 35 heavy (non-hydrogen) atoms. The Bertz CT molecular complexity index is 1650. The summed E-state index contributed by atoms with van der Waals surface area (Å²) >= 11 is 0. The average Bonchev–Trinajstić information content (AvgIpc) is 3.31. The molecule has 5 aromatic rings. The van der Waals surface area contributed by atoms with Crippen molar-refractivity contribution < 1.29 is 14.1 Å². The van der Waals surface area contributed by atoms with E-state index in [-0.39, 0.29) is 23.9 Å². The lowest BCUT2D eigenvalue weighted by Gasteiger charge is -2.07. The molecule has 9 heteroatoms. The minimum Gasteiger partial charge on any atom is -0.483 e. The summed E-state index contributed by atoms with van der Waals surface area (Å²) < 4.78 is 12.4. The van der Waals surface area contributed by atoms with Crippen LogP contribution in [-0.4, -0.2) is 27.4 Å². The van der Waals surface area contributed by atoms with Crippen molar-refractivity contribution in [3.05, 3.63) is 111 Å². The van der Waals surface area contributed by atoms with Gasteiger partial charge < -0.3 is 9.15 Å². The third kappa shape index (κ3) is 4.18. The van der Waals surface area contributed by atoms with Crippen LogP contribution in [0.2, 0.25) is 0 Å². The Morgan fingerprint density at radius 1 is 1.11 bits per heavy atom. The highest BCUT2D eigenvalue weighted by molar-refractivity contribution is 5.85. The zero-order chi connectivity index (χ0) is 24.4. The molecule has 3 aromatic carbocycles. The van der Waals surface area contributed by atoms with Crippen LogP contribution >= 0.6 is 0 Å². The van der Waals surface area contributed by atoms with E-state index in [4.69, 9.17) is 9.15 Å². The van der Waals surface area contributed by atoms with E-state index in [9.17, 15) is 14.9 Å². The number of nitro benzene ring substituents is 1. The van der Waals surface area contributed by atoms with Crippen molar-refractivity contribution in [1.29, 1.82) is 0 Å². The van der Waals surface area contributed by atoms with Gasteiger partial charge in [-0.1, -0.05) is 43.0 Å². The first-order valence-electron chi connectivity index (χ1n) is 10.6. The Morgan fingerprint density at radius 2 is 1.91 bits per heavy atom. The van der Waals surface area contributed by atoms with Crippen molar-refractivity contribution >= 4 is 33.8 Å². The Morgan fingerprint density at radius 3 is 2.71 bits per heavy atom. The van der Waals surface area contributed by atoms with E-state index in [0.717, 1.165) is 10.1 Å². The lowest BCUT2D eigenvalue weighted by molar-refractivity contribution is -0.385. The Hall–Kier alpha value is -5.05. The minimum atomic E-state index is -0.542. The molecule has 0 fully saturated rings. The summed E-state index contributed by atoms with van der Waals surface area (Å²) in [4.78, 5) is 28.9. The predicted octanol–water partition coefficient (Wildman–Crippen LogP) is 5.16. The Kier molecular flexibility index (Phi) is 5.64. The van der Waals surface area contributed by atoms with E-state index in [1.807, 2.05) is 24.3 Å². The van der Waals surface area contributed by atoms with Gasteiger partial charge in [0.25, 0.3) is 5.56 Å². The molecule has 0 saturated carbocycles. The van der Waals surface area contributed by atoms with Crippen molar-refractivity contribution in [2.24, 2.45) is 5.10 Å².